The standard InChI is InChI=1S/C24H26N4OS/c1-17-10-9-11-18(2)28(17)21(29)16-30-24-25-22(19-12-5-3-6-13-19)23(26-27-24)20-14-7-4-8-15-20/h3-8,12-15,17-18H,9-11,16H2,1-2H3/t17-,18-/m1/s1. The van der Waals surface area contributed by atoms with Gasteiger partial charge in [0, 0.05) is 23.2 Å². The van der Waals surface area contributed by atoms with Crippen molar-refractivity contribution in [2.45, 2.75) is 50.4 Å². The number of piperidine rings is 1. The molecule has 30 heavy (non-hydrogen) atoms. The number of benzene rings is 2. The van der Waals surface area contributed by atoms with Gasteiger partial charge in [0.1, 0.15) is 11.4 Å². The number of aromatic nitrogens is 3. The van der Waals surface area contributed by atoms with E-state index in [1.807, 2.05) is 65.6 Å². The SMILES string of the molecule is C[C@@H]1CCC[C@@H](C)N1C(=O)CSc1nnc(-c2ccccc2)c(-c2ccccc2)n1. The van der Waals surface area contributed by atoms with E-state index in [1.54, 1.807) is 0 Å². The molecule has 2 aromatic carbocycles. The molecule has 2 atom stereocenters. The van der Waals surface area contributed by atoms with Crippen LogP contribution in [0.25, 0.3) is 22.5 Å². The van der Waals surface area contributed by atoms with Crippen LogP contribution in [0.4, 0.5) is 0 Å². The topological polar surface area (TPSA) is 59.0 Å². The summed E-state index contributed by atoms with van der Waals surface area (Å²) < 4.78 is 0. The lowest BCUT2D eigenvalue weighted by atomic mass is 9.98. The molecule has 0 saturated carbocycles. The van der Waals surface area contributed by atoms with Gasteiger partial charge in [0.05, 0.1) is 5.75 Å². The van der Waals surface area contributed by atoms with Gasteiger partial charge in [-0.1, -0.05) is 72.4 Å². The van der Waals surface area contributed by atoms with Crippen LogP contribution in [0.3, 0.4) is 0 Å². The number of carbonyl (C=O) groups excluding carboxylic acids is 1. The van der Waals surface area contributed by atoms with Crippen LogP contribution < -0.4 is 0 Å². The number of amides is 1. The van der Waals surface area contributed by atoms with Crippen molar-refractivity contribution in [1.82, 2.24) is 20.1 Å². The molecule has 0 N–H and O–H groups in total. The Hall–Kier alpha value is -2.73. The lowest BCUT2D eigenvalue weighted by Gasteiger charge is -2.39. The first-order valence-corrected chi connectivity index (χ1v) is 11.4. The number of rotatable bonds is 5. The summed E-state index contributed by atoms with van der Waals surface area (Å²) in [7, 11) is 0. The van der Waals surface area contributed by atoms with Gasteiger partial charge in [-0.2, -0.15) is 0 Å². The highest BCUT2D eigenvalue weighted by Gasteiger charge is 2.29. The van der Waals surface area contributed by atoms with Crippen molar-refractivity contribution in [1.29, 1.82) is 0 Å². The van der Waals surface area contributed by atoms with E-state index in [0.29, 0.717) is 23.0 Å². The summed E-state index contributed by atoms with van der Waals surface area (Å²) >= 11 is 1.36. The maximum atomic E-state index is 12.9. The van der Waals surface area contributed by atoms with Crippen molar-refractivity contribution >= 4 is 17.7 Å². The van der Waals surface area contributed by atoms with Gasteiger partial charge in [0.2, 0.25) is 11.1 Å². The van der Waals surface area contributed by atoms with Crippen molar-refractivity contribution in [3.8, 4) is 22.5 Å². The third-order valence-electron chi connectivity index (χ3n) is 5.57. The van der Waals surface area contributed by atoms with Crippen molar-refractivity contribution in [2.24, 2.45) is 0 Å². The number of hydrogen-bond acceptors (Lipinski definition) is 5. The van der Waals surface area contributed by atoms with Gasteiger partial charge >= 0.3 is 0 Å². The lowest BCUT2D eigenvalue weighted by molar-refractivity contribution is -0.134. The normalized spacial score (nSPS) is 18.9. The van der Waals surface area contributed by atoms with Crippen LogP contribution in [-0.4, -0.2) is 43.8 Å². The van der Waals surface area contributed by atoms with Crippen LogP contribution in [0.5, 0.6) is 0 Å². The highest BCUT2D eigenvalue weighted by atomic mass is 32.2. The van der Waals surface area contributed by atoms with Crippen LogP contribution in [-0.2, 0) is 4.79 Å². The molecule has 154 valence electrons. The van der Waals surface area contributed by atoms with Gasteiger partial charge < -0.3 is 4.90 Å². The van der Waals surface area contributed by atoms with Crippen LogP contribution in [0.15, 0.2) is 65.8 Å². The monoisotopic (exact) mass is 418 g/mol. The molecule has 1 aromatic heterocycles. The van der Waals surface area contributed by atoms with E-state index in [-0.39, 0.29) is 5.91 Å². The predicted octanol–water partition coefficient (Wildman–Crippen LogP) is 5.09. The van der Waals surface area contributed by atoms with Gasteiger partial charge in [-0.15, -0.1) is 10.2 Å². The summed E-state index contributed by atoms with van der Waals surface area (Å²) in [4.78, 5) is 19.7. The molecule has 3 aromatic rings. The maximum absolute atomic E-state index is 12.9. The first-order valence-electron chi connectivity index (χ1n) is 10.4. The van der Waals surface area contributed by atoms with Crippen LogP contribution in [0.1, 0.15) is 33.1 Å². The molecule has 1 amide bonds. The van der Waals surface area contributed by atoms with E-state index in [9.17, 15) is 4.79 Å². The zero-order chi connectivity index (χ0) is 20.9. The van der Waals surface area contributed by atoms with E-state index in [0.717, 1.165) is 35.4 Å². The predicted molar refractivity (Wildman–Crippen MR) is 121 cm³/mol. The van der Waals surface area contributed by atoms with Crippen molar-refractivity contribution < 1.29 is 4.79 Å². The molecule has 1 fully saturated rings. The maximum Gasteiger partial charge on any atom is 0.233 e. The van der Waals surface area contributed by atoms with Gasteiger partial charge in [-0.3, -0.25) is 4.79 Å². The summed E-state index contributed by atoms with van der Waals surface area (Å²) in [5.74, 6) is 0.478. The Morgan fingerprint density at radius 3 is 2.07 bits per heavy atom. The number of thioether (sulfide) groups is 1. The quantitative estimate of drug-likeness (QED) is 0.540. The van der Waals surface area contributed by atoms with Crippen molar-refractivity contribution in [2.75, 3.05) is 5.75 Å². The molecule has 5 nitrogen and oxygen atoms in total. The highest BCUT2D eigenvalue weighted by molar-refractivity contribution is 7.99. The summed E-state index contributed by atoms with van der Waals surface area (Å²) in [6.07, 6.45) is 3.33. The second kappa shape index (κ2) is 9.39. The van der Waals surface area contributed by atoms with Crippen LogP contribution in [0.2, 0.25) is 0 Å². The van der Waals surface area contributed by atoms with Crippen LogP contribution in [0, 0.1) is 0 Å². The Labute approximate surface area is 181 Å². The van der Waals surface area contributed by atoms with E-state index in [1.165, 1.54) is 18.2 Å². The fourth-order valence-electron chi connectivity index (χ4n) is 4.07. The van der Waals surface area contributed by atoms with E-state index in [4.69, 9.17) is 4.98 Å². The summed E-state index contributed by atoms with van der Waals surface area (Å²) in [5, 5.41) is 9.34. The molecule has 1 aliphatic heterocycles. The fourth-order valence-corrected chi connectivity index (χ4v) is 4.73. The Morgan fingerprint density at radius 1 is 0.900 bits per heavy atom. The summed E-state index contributed by atoms with van der Waals surface area (Å²) in [6.45, 7) is 4.27. The lowest BCUT2D eigenvalue weighted by Crippen LogP contribution is -2.48. The van der Waals surface area contributed by atoms with Gasteiger partial charge in [0.15, 0.2) is 0 Å². The highest BCUT2D eigenvalue weighted by Crippen LogP contribution is 2.30. The fraction of sp³-hybridized carbons (Fsp3) is 0.333. The largest absolute Gasteiger partial charge is 0.337 e. The Morgan fingerprint density at radius 2 is 1.47 bits per heavy atom. The third kappa shape index (κ3) is 4.54. The van der Waals surface area contributed by atoms with E-state index >= 15 is 0 Å². The molecule has 0 aliphatic carbocycles. The van der Waals surface area contributed by atoms with Gasteiger partial charge in [-0.25, -0.2) is 4.98 Å². The molecule has 6 heteroatoms. The molecule has 0 spiro atoms. The zero-order valence-corrected chi connectivity index (χ0v) is 18.2. The Bertz CT molecular complexity index is 987. The molecule has 0 radical (unpaired) electrons. The molecular formula is C24H26N4OS. The minimum Gasteiger partial charge on any atom is -0.337 e. The van der Waals surface area contributed by atoms with E-state index in [2.05, 4.69) is 24.0 Å². The number of nitrogens with zero attached hydrogens (tertiary/aromatic N) is 4. The smallest absolute Gasteiger partial charge is 0.233 e. The first-order chi connectivity index (χ1) is 14.6. The zero-order valence-electron chi connectivity index (χ0n) is 17.4. The number of hydrogen-bond donors (Lipinski definition) is 0. The molecular weight excluding hydrogens is 392 g/mol. The second-order valence-electron chi connectivity index (χ2n) is 7.74. The minimum atomic E-state index is 0.150. The average Bonchev–Trinajstić information content (AvgIpc) is 2.78. The average molecular weight is 419 g/mol. The first kappa shape index (κ1) is 20.5. The second-order valence-corrected chi connectivity index (χ2v) is 8.68. The minimum absolute atomic E-state index is 0.150. The molecule has 0 bridgehead atoms. The third-order valence-corrected chi connectivity index (χ3v) is 6.39. The molecule has 2 heterocycles. The summed E-state index contributed by atoms with van der Waals surface area (Å²) in [5.41, 5.74) is 3.49. The molecule has 0 unspecified atom stereocenters. The Balaban J connectivity index is 1.58. The summed E-state index contributed by atoms with van der Waals surface area (Å²) in [6, 6.07) is 20.5. The number of likely N-dealkylation sites (tertiary alicyclic amines) is 1. The van der Waals surface area contributed by atoms with Crippen molar-refractivity contribution in [3.63, 3.8) is 0 Å². The Kier molecular flexibility index (Phi) is 6.43. The van der Waals surface area contributed by atoms with E-state index < -0.39 is 0 Å². The van der Waals surface area contributed by atoms with Crippen molar-refractivity contribution in [3.05, 3.63) is 60.7 Å². The van der Waals surface area contributed by atoms with Gasteiger partial charge in [0.25, 0.3) is 0 Å². The molecule has 4 rings (SSSR count). The van der Waals surface area contributed by atoms with Crippen LogP contribution >= 0.6 is 11.8 Å². The van der Waals surface area contributed by atoms with Gasteiger partial charge in [-0.05, 0) is 33.1 Å². The molecule has 1 aliphatic rings. The molecule has 1 saturated heterocycles. The number of carbonyl (C=O) groups is 1.